The normalized spacial score (nSPS) is 21.3. The largest absolute Gasteiger partial charge is 0.317 e. The van der Waals surface area contributed by atoms with Crippen LogP contribution in [0.1, 0.15) is 48.3 Å². The number of hydrogen-bond donors (Lipinski definition) is 1. The summed E-state index contributed by atoms with van der Waals surface area (Å²) in [5.41, 5.74) is 3.40. The van der Waals surface area contributed by atoms with Crippen molar-refractivity contribution in [2.45, 2.75) is 44.3 Å². The fourth-order valence-corrected chi connectivity index (χ4v) is 5.28. The molecule has 0 amide bonds. The van der Waals surface area contributed by atoms with E-state index >= 15 is 0 Å². The lowest BCUT2D eigenvalue weighted by molar-refractivity contribution is 0.457. The number of rotatable bonds is 4. The van der Waals surface area contributed by atoms with E-state index < -0.39 is 10.0 Å². The molecule has 1 aromatic carbocycles. The molecule has 0 spiro atoms. The van der Waals surface area contributed by atoms with Crippen molar-refractivity contribution in [3.8, 4) is 0 Å². The van der Waals surface area contributed by atoms with E-state index in [0.717, 1.165) is 49.9 Å². The summed E-state index contributed by atoms with van der Waals surface area (Å²) in [5, 5.41) is 3.38. The second kappa shape index (κ2) is 6.69. The lowest BCUT2D eigenvalue weighted by Gasteiger charge is -2.26. The highest BCUT2D eigenvalue weighted by molar-refractivity contribution is 7.88. The fourth-order valence-electron chi connectivity index (χ4n) is 3.64. The summed E-state index contributed by atoms with van der Waals surface area (Å²) in [7, 11) is -3.17. The second-order valence-electron chi connectivity index (χ2n) is 6.59. The second-order valence-corrected chi connectivity index (χ2v) is 8.56. The van der Waals surface area contributed by atoms with Gasteiger partial charge in [-0.05, 0) is 62.7 Å². The van der Waals surface area contributed by atoms with Gasteiger partial charge in [-0.3, -0.25) is 0 Å². The van der Waals surface area contributed by atoms with E-state index in [4.69, 9.17) is 0 Å². The Hall–Kier alpha value is -0.910. The number of piperidine rings is 1. The lowest BCUT2D eigenvalue weighted by Crippen LogP contribution is -2.30. The molecule has 1 aromatic rings. The third kappa shape index (κ3) is 3.53. The van der Waals surface area contributed by atoms with Crippen LogP contribution in [0.25, 0.3) is 0 Å². The number of sulfonamides is 1. The SMILES string of the molecule is Cc1ccc(C2CCNCC2)c(CS(=O)(=O)N2CCCC2)c1. The summed E-state index contributed by atoms with van der Waals surface area (Å²) in [6, 6.07) is 6.34. The minimum Gasteiger partial charge on any atom is -0.317 e. The molecule has 0 aromatic heterocycles. The molecule has 0 atom stereocenters. The molecule has 3 rings (SSSR count). The van der Waals surface area contributed by atoms with Gasteiger partial charge >= 0.3 is 0 Å². The number of aryl methyl sites for hydroxylation is 1. The smallest absolute Gasteiger partial charge is 0.218 e. The van der Waals surface area contributed by atoms with E-state index in [1.165, 1.54) is 5.56 Å². The van der Waals surface area contributed by atoms with Gasteiger partial charge in [0.1, 0.15) is 0 Å². The minimum atomic E-state index is -3.17. The highest BCUT2D eigenvalue weighted by atomic mass is 32.2. The summed E-state index contributed by atoms with van der Waals surface area (Å²) in [5.74, 6) is 0.652. The lowest BCUT2D eigenvalue weighted by atomic mass is 9.87. The van der Waals surface area contributed by atoms with E-state index in [2.05, 4.69) is 23.5 Å². The molecule has 2 heterocycles. The first-order chi connectivity index (χ1) is 10.6. The van der Waals surface area contributed by atoms with Crippen molar-refractivity contribution in [1.29, 1.82) is 0 Å². The van der Waals surface area contributed by atoms with Crippen LogP contribution in [-0.2, 0) is 15.8 Å². The van der Waals surface area contributed by atoms with Gasteiger partial charge in [-0.25, -0.2) is 12.7 Å². The number of hydrogen-bond acceptors (Lipinski definition) is 3. The van der Waals surface area contributed by atoms with Crippen LogP contribution in [0.4, 0.5) is 0 Å². The average Bonchev–Trinajstić information content (AvgIpc) is 3.03. The molecule has 0 bridgehead atoms. The average molecular weight is 322 g/mol. The topological polar surface area (TPSA) is 49.4 Å². The molecule has 0 unspecified atom stereocenters. The maximum atomic E-state index is 12.7. The third-order valence-electron chi connectivity index (χ3n) is 4.87. The molecule has 22 heavy (non-hydrogen) atoms. The van der Waals surface area contributed by atoms with Crippen molar-refractivity contribution < 1.29 is 8.42 Å². The van der Waals surface area contributed by atoms with Crippen LogP contribution in [0.3, 0.4) is 0 Å². The number of nitrogens with zero attached hydrogens (tertiary/aromatic N) is 1. The van der Waals surface area contributed by atoms with Crippen LogP contribution in [0.2, 0.25) is 0 Å². The Kier molecular flexibility index (Phi) is 4.85. The summed E-state index contributed by atoms with van der Waals surface area (Å²) >= 11 is 0. The van der Waals surface area contributed by atoms with Gasteiger partial charge in [-0.15, -0.1) is 0 Å². The highest BCUT2D eigenvalue weighted by Gasteiger charge is 2.27. The predicted molar refractivity (Wildman–Crippen MR) is 89.5 cm³/mol. The Morgan fingerprint density at radius 2 is 1.86 bits per heavy atom. The van der Waals surface area contributed by atoms with Crippen molar-refractivity contribution in [3.63, 3.8) is 0 Å². The number of benzene rings is 1. The summed E-state index contributed by atoms with van der Waals surface area (Å²) < 4.78 is 27.0. The van der Waals surface area contributed by atoms with E-state index in [1.807, 2.05) is 6.92 Å². The first-order valence-corrected chi connectivity index (χ1v) is 9.95. The molecule has 1 N–H and O–H groups in total. The Morgan fingerprint density at radius 1 is 1.18 bits per heavy atom. The standard InChI is InChI=1S/C17H26N2O2S/c1-14-4-5-17(15-6-8-18-9-7-15)16(12-14)13-22(20,21)19-10-2-3-11-19/h4-5,12,15,18H,2-3,6-11,13H2,1H3. The van der Waals surface area contributed by atoms with Gasteiger partial charge in [0.2, 0.25) is 10.0 Å². The maximum absolute atomic E-state index is 12.7. The van der Waals surface area contributed by atoms with E-state index in [0.29, 0.717) is 19.0 Å². The van der Waals surface area contributed by atoms with Crippen LogP contribution >= 0.6 is 0 Å². The van der Waals surface area contributed by atoms with Crippen LogP contribution < -0.4 is 5.32 Å². The summed E-state index contributed by atoms with van der Waals surface area (Å²) in [6.45, 7) is 5.47. The van der Waals surface area contributed by atoms with E-state index in [1.54, 1.807) is 4.31 Å². The van der Waals surface area contributed by atoms with E-state index in [9.17, 15) is 8.42 Å². The molecule has 122 valence electrons. The van der Waals surface area contributed by atoms with Gasteiger partial charge in [-0.1, -0.05) is 23.8 Å². The Labute approximate surface area is 134 Å². The Balaban J connectivity index is 1.86. The molecular weight excluding hydrogens is 296 g/mol. The quantitative estimate of drug-likeness (QED) is 0.926. The van der Waals surface area contributed by atoms with Gasteiger partial charge in [-0.2, -0.15) is 0 Å². The zero-order valence-corrected chi connectivity index (χ0v) is 14.2. The zero-order chi connectivity index (χ0) is 15.6. The summed E-state index contributed by atoms with van der Waals surface area (Å²) in [4.78, 5) is 0. The monoisotopic (exact) mass is 322 g/mol. The minimum absolute atomic E-state index is 0.161. The van der Waals surface area contributed by atoms with Gasteiger partial charge < -0.3 is 5.32 Å². The Morgan fingerprint density at radius 3 is 2.55 bits per heavy atom. The zero-order valence-electron chi connectivity index (χ0n) is 13.3. The molecular formula is C17H26N2O2S. The van der Waals surface area contributed by atoms with Crippen LogP contribution in [0.15, 0.2) is 18.2 Å². The highest BCUT2D eigenvalue weighted by Crippen LogP contribution is 2.30. The van der Waals surface area contributed by atoms with Crippen molar-refractivity contribution in [2.75, 3.05) is 26.2 Å². The molecule has 5 heteroatoms. The van der Waals surface area contributed by atoms with Gasteiger partial charge in [0.25, 0.3) is 0 Å². The van der Waals surface area contributed by atoms with Crippen LogP contribution in [0.5, 0.6) is 0 Å². The molecule has 2 aliphatic rings. The first-order valence-electron chi connectivity index (χ1n) is 8.34. The molecule has 2 saturated heterocycles. The van der Waals surface area contributed by atoms with Gasteiger partial charge in [0.15, 0.2) is 0 Å². The fraction of sp³-hybridized carbons (Fsp3) is 0.647. The summed E-state index contributed by atoms with van der Waals surface area (Å²) in [6.07, 6.45) is 4.18. The first kappa shape index (κ1) is 16.0. The van der Waals surface area contributed by atoms with E-state index in [-0.39, 0.29) is 5.75 Å². The maximum Gasteiger partial charge on any atom is 0.218 e. The van der Waals surface area contributed by atoms with Gasteiger partial charge in [0.05, 0.1) is 5.75 Å². The molecule has 2 aliphatic heterocycles. The molecule has 0 aliphatic carbocycles. The van der Waals surface area contributed by atoms with Crippen molar-refractivity contribution in [3.05, 3.63) is 34.9 Å². The third-order valence-corrected chi connectivity index (χ3v) is 6.70. The van der Waals surface area contributed by atoms with Crippen LogP contribution in [-0.4, -0.2) is 38.9 Å². The molecule has 0 saturated carbocycles. The molecule has 0 radical (unpaired) electrons. The Bertz CT molecular complexity index is 616. The predicted octanol–water partition coefficient (Wildman–Crippen LogP) is 2.39. The molecule has 4 nitrogen and oxygen atoms in total. The molecule has 2 fully saturated rings. The van der Waals surface area contributed by atoms with Crippen molar-refractivity contribution in [2.24, 2.45) is 0 Å². The van der Waals surface area contributed by atoms with Crippen LogP contribution in [0, 0.1) is 6.92 Å². The number of nitrogens with one attached hydrogen (secondary N) is 1. The van der Waals surface area contributed by atoms with Crippen molar-refractivity contribution in [1.82, 2.24) is 9.62 Å². The van der Waals surface area contributed by atoms with Crippen molar-refractivity contribution >= 4 is 10.0 Å². The van der Waals surface area contributed by atoms with Gasteiger partial charge in [0, 0.05) is 13.1 Å².